The zero-order valence-electron chi connectivity index (χ0n) is 11.8. The Bertz CT molecular complexity index is 638. The van der Waals surface area contributed by atoms with Gasteiger partial charge in [0.2, 0.25) is 0 Å². The van der Waals surface area contributed by atoms with E-state index in [1.165, 1.54) is 0 Å². The molecule has 2 rings (SSSR count). The van der Waals surface area contributed by atoms with Crippen molar-refractivity contribution in [2.24, 2.45) is 0 Å². The number of benzene rings is 2. The molecule has 5 heteroatoms. The predicted octanol–water partition coefficient (Wildman–Crippen LogP) is 3.10. The van der Waals surface area contributed by atoms with Crippen molar-refractivity contribution in [1.29, 1.82) is 0 Å². The highest BCUT2D eigenvalue weighted by Gasteiger charge is 2.17. The third-order valence-electron chi connectivity index (χ3n) is 2.80. The summed E-state index contributed by atoms with van der Waals surface area (Å²) in [5.74, 6) is -0.160. The summed E-state index contributed by atoms with van der Waals surface area (Å²) in [5.41, 5.74) is 1.65. The molecule has 0 heterocycles. The van der Waals surface area contributed by atoms with Gasteiger partial charge in [-0.1, -0.05) is 60.7 Å². The van der Waals surface area contributed by atoms with Gasteiger partial charge in [-0.15, -0.1) is 0 Å². The quantitative estimate of drug-likeness (QED) is 0.582. The van der Waals surface area contributed by atoms with E-state index in [0.717, 1.165) is 5.56 Å². The van der Waals surface area contributed by atoms with E-state index in [1.807, 2.05) is 36.4 Å². The normalized spacial score (nSPS) is 13.0. The number of hydrogen-bond acceptors (Lipinski definition) is 4. The molecule has 0 N–H and O–H groups in total. The Labute approximate surface area is 125 Å². The van der Waals surface area contributed by atoms with E-state index in [0.29, 0.717) is 12.2 Å². The molecule has 0 saturated heterocycles. The topological polar surface area (TPSA) is 52.6 Å². The Morgan fingerprint density at radius 1 is 0.905 bits per heavy atom. The first-order chi connectivity index (χ1) is 10.1. The summed E-state index contributed by atoms with van der Waals surface area (Å²) in [6.45, 7) is 1.88. The van der Waals surface area contributed by atoms with E-state index in [9.17, 15) is 8.42 Å². The highest BCUT2D eigenvalue weighted by molar-refractivity contribution is 7.85. The van der Waals surface area contributed by atoms with Crippen LogP contribution in [0.5, 0.6) is 0 Å². The molecule has 0 aliphatic carbocycles. The van der Waals surface area contributed by atoms with Crippen LogP contribution >= 0.6 is 0 Å². The molecular weight excluding hydrogens is 288 g/mol. The number of ether oxygens (including phenoxy) is 1. The standard InChI is InChI=1S/C16H18O4S/c1-14(19-12-15-8-4-2-5-9-15)20-21(17,18)13-16-10-6-3-7-11-16/h2-11,14H,12-13H2,1H3. The molecule has 0 saturated carbocycles. The fraction of sp³-hybridized carbons (Fsp3) is 0.250. The highest BCUT2D eigenvalue weighted by Crippen LogP contribution is 2.11. The van der Waals surface area contributed by atoms with Gasteiger partial charge in [0, 0.05) is 0 Å². The Balaban J connectivity index is 1.85. The summed E-state index contributed by atoms with van der Waals surface area (Å²) in [7, 11) is -3.66. The predicted molar refractivity (Wildman–Crippen MR) is 80.8 cm³/mol. The van der Waals surface area contributed by atoms with Crippen molar-refractivity contribution in [2.45, 2.75) is 25.6 Å². The molecule has 2 aromatic carbocycles. The lowest BCUT2D eigenvalue weighted by Crippen LogP contribution is -2.19. The second-order valence-corrected chi connectivity index (χ2v) is 6.24. The van der Waals surface area contributed by atoms with Crippen molar-refractivity contribution in [3.05, 3.63) is 71.8 Å². The van der Waals surface area contributed by atoms with Gasteiger partial charge in [-0.2, -0.15) is 8.42 Å². The smallest absolute Gasteiger partial charge is 0.274 e. The third-order valence-corrected chi connectivity index (χ3v) is 4.05. The fourth-order valence-corrected chi connectivity index (χ4v) is 2.97. The van der Waals surface area contributed by atoms with Gasteiger partial charge in [-0.3, -0.25) is 0 Å². The second kappa shape index (κ2) is 7.36. The molecule has 0 aromatic heterocycles. The van der Waals surface area contributed by atoms with Gasteiger partial charge in [-0.05, 0) is 18.1 Å². The zero-order valence-corrected chi connectivity index (χ0v) is 12.6. The fourth-order valence-electron chi connectivity index (χ4n) is 1.83. The molecule has 0 bridgehead atoms. The first-order valence-electron chi connectivity index (χ1n) is 6.65. The van der Waals surface area contributed by atoms with Crippen LogP contribution in [0.3, 0.4) is 0 Å². The molecule has 1 unspecified atom stereocenters. The summed E-state index contributed by atoms with van der Waals surface area (Å²) in [6, 6.07) is 18.4. The molecular formula is C16H18O4S. The van der Waals surface area contributed by atoms with Gasteiger partial charge < -0.3 is 4.74 Å². The Morgan fingerprint density at radius 3 is 2.00 bits per heavy atom. The van der Waals surface area contributed by atoms with Gasteiger partial charge in [0.15, 0.2) is 6.29 Å². The third kappa shape index (κ3) is 5.67. The molecule has 0 radical (unpaired) electrons. The Kier molecular flexibility index (Phi) is 5.50. The number of rotatable bonds is 7. The molecule has 112 valence electrons. The van der Waals surface area contributed by atoms with Crippen molar-refractivity contribution in [3.8, 4) is 0 Å². The first-order valence-corrected chi connectivity index (χ1v) is 8.23. The van der Waals surface area contributed by atoms with Crippen molar-refractivity contribution in [2.75, 3.05) is 0 Å². The summed E-state index contributed by atoms with van der Waals surface area (Å²) in [6.07, 6.45) is -0.820. The minimum Gasteiger partial charge on any atom is -0.347 e. The van der Waals surface area contributed by atoms with E-state index in [2.05, 4.69) is 0 Å². The van der Waals surface area contributed by atoms with Gasteiger partial charge in [0.25, 0.3) is 10.1 Å². The van der Waals surface area contributed by atoms with Crippen molar-refractivity contribution in [1.82, 2.24) is 0 Å². The molecule has 4 nitrogen and oxygen atoms in total. The molecule has 1 atom stereocenters. The van der Waals surface area contributed by atoms with Crippen molar-refractivity contribution in [3.63, 3.8) is 0 Å². The van der Waals surface area contributed by atoms with Crippen LogP contribution in [0.2, 0.25) is 0 Å². The summed E-state index contributed by atoms with van der Waals surface area (Å²) in [4.78, 5) is 0. The molecule has 2 aromatic rings. The minimum absolute atomic E-state index is 0.160. The summed E-state index contributed by atoms with van der Waals surface area (Å²) >= 11 is 0. The van der Waals surface area contributed by atoms with E-state index in [1.54, 1.807) is 31.2 Å². The molecule has 0 spiro atoms. The second-order valence-electron chi connectivity index (χ2n) is 4.65. The maximum atomic E-state index is 11.9. The number of hydrogen-bond donors (Lipinski definition) is 0. The molecule has 0 amide bonds. The van der Waals surface area contributed by atoms with Crippen LogP contribution in [-0.2, 0) is 31.4 Å². The van der Waals surface area contributed by atoms with Crippen LogP contribution in [0.4, 0.5) is 0 Å². The van der Waals surface area contributed by atoms with E-state index < -0.39 is 16.4 Å². The summed E-state index contributed by atoms with van der Waals surface area (Å²) in [5, 5.41) is 0. The van der Waals surface area contributed by atoms with Gasteiger partial charge in [0.05, 0.1) is 6.61 Å². The van der Waals surface area contributed by atoms with Gasteiger partial charge >= 0.3 is 0 Å². The molecule has 0 aliphatic rings. The van der Waals surface area contributed by atoms with Crippen molar-refractivity contribution < 1.29 is 17.3 Å². The van der Waals surface area contributed by atoms with Crippen LogP contribution in [0.25, 0.3) is 0 Å². The largest absolute Gasteiger partial charge is 0.347 e. The van der Waals surface area contributed by atoms with Crippen LogP contribution in [0.1, 0.15) is 18.1 Å². The van der Waals surface area contributed by atoms with Crippen molar-refractivity contribution >= 4 is 10.1 Å². The SMILES string of the molecule is CC(OCc1ccccc1)OS(=O)(=O)Cc1ccccc1. The molecule has 0 aliphatic heterocycles. The van der Waals surface area contributed by atoms with Crippen LogP contribution in [-0.4, -0.2) is 14.7 Å². The monoisotopic (exact) mass is 306 g/mol. The summed E-state index contributed by atoms with van der Waals surface area (Å²) < 4.78 is 34.3. The minimum atomic E-state index is -3.66. The van der Waals surface area contributed by atoms with Crippen LogP contribution in [0.15, 0.2) is 60.7 Å². The average Bonchev–Trinajstić information content (AvgIpc) is 2.46. The van der Waals surface area contributed by atoms with Crippen LogP contribution in [0, 0.1) is 0 Å². The Morgan fingerprint density at radius 2 is 1.43 bits per heavy atom. The van der Waals surface area contributed by atoms with E-state index in [4.69, 9.17) is 8.92 Å². The average molecular weight is 306 g/mol. The zero-order chi connectivity index (χ0) is 15.1. The van der Waals surface area contributed by atoms with Crippen LogP contribution < -0.4 is 0 Å². The van der Waals surface area contributed by atoms with Gasteiger partial charge in [0.1, 0.15) is 5.75 Å². The molecule has 0 fully saturated rings. The highest BCUT2D eigenvalue weighted by atomic mass is 32.2. The Hall–Kier alpha value is -1.69. The maximum absolute atomic E-state index is 11.9. The lowest BCUT2D eigenvalue weighted by atomic mass is 10.2. The maximum Gasteiger partial charge on any atom is 0.274 e. The van der Waals surface area contributed by atoms with E-state index in [-0.39, 0.29) is 5.75 Å². The van der Waals surface area contributed by atoms with Gasteiger partial charge in [-0.25, -0.2) is 4.18 Å². The molecule has 21 heavy (non-hydrogen) atoms. The first kappa shape index (κ1) is 15.7. The lowest BCUT2D eigenvalue weighted by molar-refractivity contribution is -0.0721. The lowest BCUT2D eigenvalue weighted by Gasteiger charge is -2.14. The van der Waals surface area contributed by atoms with E-state index >= 15 is 0 Å².